The van der Waals surface area contributed by atoms with Crippen molar-refractivity contribution in [2.45, 2.75) is 20.8 Å². The molecule has 1 aromatic heterocycles. The molecule has 0 saturated heterocycles. The van der Waals surface area contributed by atoms with Gasteiger partial charge in [0.25, 0.3) is 0 Å². The summed E-state index contributed by atoms with van der Waals surface area (Å²) in [7, 11) is 0. The number of carbonyl (C=O) groups is 1. The Morgan fingerprint density at radius 3 is 2.40 bits per heavy atom. The van der Waals surface area contributed by atoms with Gasteiger partial charge in [-0.25, -0.2) is 4.79 Å². The number of benzene rings is 2. The van der Waals surface area contributed by atoms with E-state index >= 15 is 0 Å². The van der Waals surface area contributed by atoms with Gasteiger partial charge in [-0.3, -0.25) is 4.99 Å². The molecule has 0 radical (unpaired) electrons. The number of aliphatic imine (C=N–C) groups is 1. The zero-order valence-electron chi connectivity index (χ0n) is 14.5. The Kier molecular flexibility index (Phi) is 4.52. The topological polar surface area (TPSA) is 54.6 Å². The fourth-order valence-corrected chi connectivity index (χ4v) is 2.99. The van der Waals surface area contributed by atoms with Gasteiger partial charge in [0, 0.05) is 28.9 Å². The third kappa shape index (κ3) is 3.38. The Hall–Kier alpha value is -3.14. The van der Waals surface area contributed by atoms with E-state index in [1.807, 2.05) is 63.4 Å². The second kappa shape index (κ2) is 6.77. The molecule has 0 fully saturated rings. The van der Waals surface area contributed by atoms with Crippen molar-refractivity contribution in [2.24, 2.45) is 4.99 Å². The summed E-state index contributed by atoms with van der Waals surface area (Å²) in [6.07, 6.45) is 1.87. The first-order valence-corrected chi connectivity index (χ1v) is 8.10. The normalized spacial score (nSPS) is 11.2. The Balaban J connectivity index is 2.00. The highest BCUT2D eigenvalue weighted by atomic mass is 16.4. The summed E-state index contributed by atoms with van der Waals surface area (Å²) in [5.74, 6) is -0.911. The van der Waals surface area contributed by atoms with Gasteiger partial charge in [0.05, 0.1) is 11.3 Å². The maximum atomic E-state index is 11.1. The summed E-state index contributed by atoms with van der Waals surface area (Å²) < 4.78 is 2.13. The first-order chi connectivity index (χ1) is 12.0. The fraction of sp³-hybridized carbons (Fsp3) is 0.143. The minimum atomic E-state index is -0.911. The van der Waals surface area contributed by atoms with E-state index < -0.39 is 5.97 Å². The summed E-state index contributed by atoms with van der Waals surface area (Å²) in [6, 6.07) is 17.1. The molecule has 4 nitrogen and oxygen atoms in total. The molecular formula is C21H20N2O2. The number of rotatable bonds is 4. The van der Waals surface area contributed by atoms with Gasteiger partial charge in [-0.2, -0.15) is 0 Å². The molecule has 3 rings (SSSR count). The molecule has 0 bridgehead atoms. The molecule has 0 aliphatic rings. The van der Waals surface area contributed by atoms with Crippen LogP contribution in [0.3, 0.4) is 0 Å². The molecule has 126 valence electrons. The number of aromatic nitrogens is 1. The number of aryl methyl sites for hydroxylation is 2. The molecule has 0 amide bonds. The summed E-state index contributed by atoms with van der Waals surface area (Å²) in [5, 5.41) is 9.14. The van der Waals surface area contributed by atoms with E-state index in [0.717, 1.165) is 33.9 Å². The zero-order chi connectivity index (χ0) is 18.0. The van der Waals surface area contributed by atoms with E-state index in [9.17, 15) is 4.79 Å². The molecule has 2 aromatic carbocycles. The monoisotopic (exact) mass is 332 g/mol. The van der Waals surface area contributed by atoms with Crippen molar-refractivity contribution in [1.29, 1.82) is 0 Å². The molecule has 0 unspecified atom stereocenters. The van der Waals surface area contributed by atoms with Gasteiger partial charge in [-0.1, -0.05) is 18.2 Å². The lowest BCUT2D eigenvalue weighted by molar-refractivity contribution is 0.0697. The molecule has 25 heavy (non-hydrogen) atoms. The van der Waals surface area contributed by atoms with Crippen molar-refractivity contribution >= 4 is 17.9 Å². The average molecular weight is 332 g/mol. The van der Waals surface area contributed by atoms with Crippen LogP contribution in [0.25, 0.3) is 5.69 Å². The van der Waals surface area contributed by atoms with Gasteiger partial charge in [0.1, 0.15) is 0 Å². The molecule has 0 atom stereocenters. The van der Waals surface area contributed by atoms with Gasteiger partial charge in [-0.05, 0) is 62.7 Å². The Bertz CT molecular complexity index is 954. The second-order valence-corrected chi connectivity index (χ2v) is 6.06. The lowest BCUT2D eigenvalue weighted by Gasteiger charge is -2.13. The van der Waals surface area contributed by atoms with E-state index in [2.05, 4.69) is 15.6 Å². The third-order valence-electron chi connectivity index (χ3n) is 4.26. The van der Waals surface area contributed by atoms with Crippen LogP contribution >= 0.6 is 0 Å². The van der Waals surface area contributed by atoms with E-state index in [4.69, 9.17) is 5.11 Å². The van der Waals surface area contributed by atoms with Crippen LogP contribution < -0.4 is 0 Å². The lowest BCUT2D eigenvalue weighted by atomic mass is 10.1. The third-order valence-corrected chi connectivity index (χ3v) is 4.26. The number of hydrogen-bond acceptors (Lipinski definition) is 2. The first kappa shape index (κ1) is 16.7. The molecule has 1 heterocycles. The number of nitrogens with zero attached hydrogens (tertiary/aromatic N) is 2. The van der Waals surface area contributed by atoms with E-state index in [1.54, 1.807) is 12.1 Å². The van der Waals surface area contributed by atoms with Crippen LogP contribution in [0.5, 0.6) is 0 Å². The molecular weight excluding hydrogens is 312 g/mol. The number of hydrogen-bond donors (Lipinski definition) is 1. The van der Waals surface area contributed by atoms with E-state index in [1.165, 1.54) is 0 Å². The van der Waals surface area contributed by atoms with Gasteiger partial charge >= 0.3 is 5.97 Å². The van der Waals surface area contributed by atoms with Crippen LogP contribution in [0, 0.1) is 20.8 Å². The van der Waals surface area contributed by atoms with Crippen LogP contribution in [-0.4, -0.2) is 21.9 Å². The van der Waals surface area contributed by atoms with Crippen molar-refractivity contribution in [3.8, 4) is 5.69 Å². The average Bonchev–Trinajstić information content (AvgIpc) is 2.88. The number of carboxylic acid groups (broad SMARTS) is 1. The second-order valence-electron chi connectivity index (χ2n) is 6.06. The fourth-order valence-electron chi connectivity index (χ4n) is 2.99. The van der Waals surface area contributed by atoms with Crippen LogP contribution in [0.1, 0.15) is 32.9 Å². The molecule has 3 aromatic rings. The molecule has 0 spiro atoms. The van der Waals surface area contributed by atoms with E-state index in [0.29, 0.717) is 5.56 Å². The maximum absolute atomic E-state index is 11.1. The summed E-state index contributed by atoms with van der Waals surface area (Å²) >= 11 is 0. The van der Waals surface area contributed by atoms with Gasteiger partial charge < -0.3 is 9.67 Å². The molecule has 0 saturated carbocycles. The van der Waals surface area contributed by atoms with Gasteiger partial charge in [0.2, 0.25) is 0 Å². The predicted molar refractivity (Wildman–Crippen MR) is 101 cm³/mol. The SMILES string of the molecule is Cc1cc(C(=O)O)ccc1-n1c(C)cc(C=Nc2ccccc2)c1C. The van der Waals surface area contributed by atoms with Crippen molar-refractivity contribution in [2.75, 3.05) is 0 Å². The minimum absolute atomic E-state index is 0.301. The Labute approximate surface area is 147 Å². The molecule has 4 heteroatoms. The molecule has 1 N–H and O–H groups in total. The summed E-state index contributed by atoms with van der Waals surface area (Å²) in [6.45, 7) is 6.01. The minimum Gasteiger partial charge on any atom is -0.478 e. The summed E-state index contributed by atoms with van der Waals surface area (Å²) in [4.78, 5) is 15.7. The first-order valence-electron chi connectivity index (χ1n) is 8.10. The highest BCUT2D eigenvalue weighted by Crippen LogP contribution is 2.24. The quantitative estimate of drug-likeness (QED) is 0.694. The highest BCUT2D eigenvalue weighted by Gasteiger charge is 2.13. The van der Waals surface area contributed by atoms with Crippen molar-refractivity contribution in [1.82, 2.24) is 4.57 Å². The summed E-state index contributed by atoms with van der Waals surface area (Å²) in [5.41, 5.74) is 6.32. The van der Waals surface area contributed by atoms with Crippen LogP contribution in [0.2, 0.25) is 0 Å². The van der Waals surface area contributed by atoms with Gasteiger partial charge in [-0.15, -0.1) is 0 Å². The highest BCUT2D eigenvalue weighted by molar-refractivity contribution is 5.88. The predicted octanol–water partition coefficient (Wildman–Crippen LogP) is 4.85. The number of aromatic carboxylic acids is 1. The standard InChI is InChI=1S/C21H20N2O2/c1-14-11-17(21(24)25)9-10-20(14)23-15(2)12-18(16(23)3)13-22-19-7-5-4-6-8-19/h4-13H,1-3H3,(H,24,25). The van der Waals surface area contributed by atoms with Crippen molar-refractivity contribution < 1.29 is 9.90 Å². The maximum Gasteiger partial charge on any atom is 0.335 e. The van der Waals surface area contributed by atoms with Gasteiger partial charge in [0.15, 0.2) is 0 Å². The van der Waals surface area contributed by atoms with Crippen LogP contribution in [0.4, 0.5) is 5.69 Å². The van der Waals surface area contributed by atoms with Crippen molar-refractivity contribution in [3.63, 3.8) is 0 Å². The lowest BCUT2D eigenvalue weighted by Crippen LogP contribution is -2.04. The molecule has 0 aliphatic heterocycles. The van der Waals surface area contributed by atoms with Crippen molar-refractivity contribution in [3.05, 3.63) is 82.7 Å². The Morgan fingerprint density at radius 2 is 1.76 bits per heavy atom. The molecule has 0 aliphatic carbocycles. The number of para-hydroxylation sites is 1. The van der Waals surface area contributed by atoms with Crippen LogP contribution in [0.15, 0.2) is 59.6 Å². The zero-order valence-corrected chi connectivity index (χ0v) is 14.5. The van der Waals surface area contributed by atoms with Crippen LogP contribution in [-0.2, 0) is 0 Å². The smallest absolute Gasteiger partial charge is 0.335 e. The van der Waals surface area contributed by atoms with E-state index in [-0.39, 0.29) is 0 Å². The Morgan fingerprint density at radius 1 is 1.04 bits per heavy atom. The number of carboxylic acids is 1. The largest absolute Gasteiger partial charge is 0.478 e.